The van der Waals surface area contributed by atoms with Crippen LogP contribution in [-0.2, 0) is 0 Å². The molecule has 1 aromatic carbocycles. The Hall–Kier alpha value is -0.800. The monoisotopic (exact) mass is 255 g/mol. The van der Waals surface area contributed by atoms with Crippen molar-refractivity contribution >= 4 is 22.0 Å². The van der Waals surface area contributed by atoms with Crippen LogP contribution in [0.25, 0.3) is 6.08 Å². The Morgan fingerprint density at radius 1 is 1.50 bits per heavy atom. The fourth-order valence-corrected chi connectivity index (χ4v) is 1.44. The normalized spacial score (nSPS) is 11.0. The summed E-state index contributed by atoms with van der Waals surface area (Å²) in [5.74, 6) is 0.306. The van der Waals surface area contributed by atoms with E-state index >= 15 is 0 Å². The third-order valence-electron chi connectivity index (χ3n) is 1.85. The van der Waals surface area contributed by atoms with E-state index in [0.717, 1.165) is 23.0 Å². The van der Waals surface area contributed by atoms with Crippen molar-refractivity contribution in [1.29, 1.82) is 0 Å². The van der Waals surface area contributed by atoms with Gasteiger partial charge < -0.3 is 10.4 Å². The standard InChI is InChI=1S/C11H14BrNO/c1-13-7-3-2-4-9-5-6-10(12)8-11(9)14/h2,4-6,8,13-14H,3,7H2,1H3. The first-order valence-corrected chi connectivity index (χ1v) is 5.33. The van der Waals surface area contributed by atoms with Crippen molar-refractivity contribution in [2.45, 2.75) is 6.42 Å². The van der Waals surface area contributed by atoms with E-state index in [2.05, 4.69) is 21.2 Å². The second-order valence-corrected chi connectivity index (χ2v) is 3.91. The number of benzene rings is 1. The maximum atomic E-state index is 9.55. The number of hydrogen-bond acceptors (Lipinski definition) is 2. The van der Waals surface area contributed by atoms with E-state index < -0.39 is 0 Å². The molecule has 14 heavy (non-hydrogen) atoms. The van der Waals surface area contributed by atoms with Crippen LogP contribution in [0.4, 0.5) is 0 Å². The zero-order valence-corrected chi connectivity index (χ0v) is 9.71. The minimum atomic E-state index is 0.306. The topological polar surface area (TPSA) is 32.3 Å². The Bertz CT molecular complexity index is 323. The molecular weight excluding hydrogens is 242 g/mol. The van der Waals surface area contributed by atoms with Crippen molar-refractivity contribution in [3.05, 3.63) is 34.3 Å². The first-order valence-electron chi connectivity index (χ1n) is 4.53. The number of nitrogens with one attached hydrogen (secondary N) is 1. The summed E-state index contributed by atoms with van der Waals surface area (Å²) in [5, 5.41) is 12.6. The largest absolute Gasteiger partial charge is 0.507 e. The summed E-state index contributed by atoms with van der Waals surface area (Å²) in [6.45, 7) is 0.952. The van der Waals surface area contributed by atoms with E-state index in [1.54, 1.807) is 6.07 Å². The zero-order chi connectivity index (χ0) is 10.4. The van der Waals surface area contributed by atoms with Gasteiger partial charge in [-0.25, -0.2) is 0 Å². The van der Waals surface area contributed by atoms with E-state index in [1.165, 1.54) is 0 Å². The van der Waals surface area contributed by atoms with Crippen molar-refractivity contribution in [2.75, 3.05) is 13.6 Å². The van der Waals surface area contributed by atoms with Crippen molar-refractivity contribution in [3.8, 4) is 5.75 Å². The predicted molar refractivity (Wildman–Crippen MR) is 63.4 cm³/mol. The lowest BCUT2D eigenvalue weighted by molar-refractivity contribution is 0.473. The molecule has 0 fully saturated rings. The second kappa shape index (κ2) is 5.83. The number of phenolic OH excluding ortho intramolecular Hbond substituents is 1. The molecule has 0 saturated carbocycles. The Morgan fingerprint density at radius 2 is 2.29 bits per heavy atom. The van der Waals surface area contributed by atoms with Gasteiger partial charge in [0, 0.05) is 10.0 Å². The molecule has 0 saturated heterocycles. The summed E-state index contributed by atoms with van der Waals surface area (Å²) in [4.78, 5) is 0. The van der Waals surface area contributed by atoms with Gasteiger partial charge in [0.15, 0.2) is 0 Å². The highest BCUT2D eigenvalue weighted by Crippen LogP contribution is 2.23. The molecule has 1 aromatic rings. The summed E-state index contributed by atoms with van der Waals surface area (Å²) < 4.78 is 0.891. The third kappa shape index (κ3) is 3.52. The molecule has 0 unspecified atom stereocenters. The van der Waals surface area contributed by atoms with Crippen molar-refractivity contribution in [2.24, 2.45) is 0 Å². The highest BCUT2D eigenvalue weighted by molar-refractivity contribution is 9.10. The van der Waals surface area contributed by atoms with Gasteiger partial charge in [0.1, 0.15) is 5.75 Å². The molecule has 2 N–H and O–H groups in total. The Kier molecular flexibility index (Phi) is 4.70. The predicted octanol–water partition coefficient (Wildman–Crippen LogP) is 2.78. The Balaban J connectivity index is 2.62. The molecule has 3 heteroatoms. The minimum absolute atomic E-state index is 0.306. The summed E-state index contributed by atoms with van der Waals surface area (Å²) in [6.07, 6.45) is 4.94. The van der Waals surface area contributed by atoms with Gasteiger partial charge in [0.25, 0.3) is 0 Å². The van der Waals surface area contributed by atoms with Gasteiger partial charge in [-0.1, -0.05) is 34.1 Å². The Morgan fingerprint density at radius 3 is 2.93 bits per heavy atom. The lowest BCUT2D eigenvalue weighted by Crippen LogP contribution is -2.05. The van der Waals surface area contributed by atoms with Crippen LogP contribution in [0, 0.1) is 0 Å². The third-order valence-corrected chi connectivity index (χ3v) is 2.34. The van der Waals surface area contributed by atoms with Crippen molar-refractivity contribution < 1.29 is 5.11 Å². The maximum Gasteiger partial charge on any atom is 0.123 e. The van der Waals surface area contributed by atoms with Crippen LogP contribution < -0.4 is 5.32 Å². The van der Waals surface area contributed by atoms with Crippen LogP contribution in [-0.4, -0.2) is 18.7 Å². The number of aromatic hydroxyl groups is 1. The molecule has 0 radical (unpaired) electrons. The van der Waals surface area contributed by atoms with Crippen LogP contribution in [0.3, 0.4) is 0 Å². The van der Waals surface area contributed by atoms with E-state index in [-0.39, 0.29) is 0 Å². The molecule has 0 heterocycles. The number of halogens is 1. The smallest absolute Gasteiger partial charge is 0.123 e. The van der Waals surface area contributed by atoms with E-state index in [0.29, 0.717) is 5.75 Å². The van der Waals surface area contributed by atoms with Gasteiger partial charge in [0.05, 0.1) is 0 Å². The fraction of sp³-hybridized carbons (Fsp3) is 0.273. The first-order chi connectivity index (χ1) is 6.74. The lowest BCUT2D eigenvalue weighted by Gasteiger charge is -1.99. The maximum absolute atomic E-state index is 9.55. The van der Waals surface area contributed by atoms with Gasteiger partial charge in [-0.15, -0.1) is 0 Å². The molecule has 0 aliphatic rings. The van der Waals surface area contributed by atoms with Gasteiger partial charge >= 0.3 is 0 Å². The van der Waals surface area contributed by atoms with Gasteiger partial charge in [0.2, 0.25) is 0 Å². The minimum Gasteiger partial charge on any atom is -0.507 e. The molecule has 0 aliphatic heterocycles. The zero-order valence-electron chi connectivity index (χ0n) is 8.13. The average Bonchev–Trinajstić information content (AvgIpc) is 2.15. The molecule has 0 aliphatic carbocycles. The lowest BCUT2D eigenvalue weighted by atomic mass is 10.2. The van der Waals surface area contributed by atoms with Crippen LogP contribution >= 0.6 is 15.9 Å². The first kappa shape index (κ1) is 11.3. The van der Waals surface area contributed by atoms with Crippen LogP contribution in [0.2, 0.25) is 0 Å². The second-order valence-electron chi connectivity index (χ2n) is 3.00. The van der Waals surface area contributed by atoms with E-state index in [1.807, 2.05) is 31.3 Å². The molecule has 76 valence electrons. The van der Waals surface area contributed by atoms with Crippen LogP contribution in [0.1, 0.15) is 12.0 Å². The summed E-state index contributed by atoms with van der Waals surface area (Å²) in [5.41, 5.74) is 0.851. The Labute approximate surface area is 92.8 Å². The number of hydrogen-bond donors (Lipinski definition) is 2. The van der Waals surface area contributed by atoms with Crippen molar-refractivity contribution in [3.63, 3.8) is 0 Å². The number of rotatable bonds is 4. The molecule has 0 bridgehead atoms. The summed E-state index contributed by atoms with van der Waals surface area (Å²) >= 11 is 3.30. The number of phenols is 1. The van der Waals surface area contributed by atoms with Gasteiger partial charge in [-0.3, -0.25) is 0 Å². The quantitative estimate of drug-likeness (QED) is 0.812. The van der Waals surface area contributed by atoms with Crippen LogP contribution in [0.5, 0.6) is 5.75 Å². The highest BCUT2D eigenvalue weighted by atomic mass is 79.9. The van der Waals surface area contributed by atoms with E-state index in [4.69, 9.17) is 0 Å². The SMILES string of the molecule is CNCCC=Cc1ccc(Br)cc1O. The molecule has 1 rings (SSSR count). The summed E-state index contributed by atoms with van der Waals surface area (Å²) in [7, 11) is 1.92. The molecule has 0 amide bonds. The molecule has 0 spiro atoms. The fourth-order valence-electron chi connectivity index (χ4n) is 1.10. The van der Waals surface area contributed by atoms with Gasteiger partial charge in [-0.05, 0) is 32.1 Å². The average molecular weight is 256 g/mol. The molecule has 2 nitrogen and oxygen atoms in total. The molecule has 0 atom stereocenters. The van der Waals surface area contributed by atoms with Crippen LogP contribution in [0.15, 0.2) is 28.7 Å². The molecular formula is C11H14BrNO. The molecule has 0 aromatic heterocycles. The van der Waals surface area contributed by atoms with Gasteiger partial charge in [-0.2, -0.15) is 0 Å². The van der Waals surface area contributed by atoms with Crippen molar-refractivity contribution in [1.82, 2.24) is 5.32 Å². The van der Waals surface area contributed by atoms with E-state index in [9.17, 15) is 5.11 Å². The highest BCUT2D eigenvalue weighted by Gasteiger charge is 1.96. The summed E-state index contributed by atoms with van der Waals surface area (Å²) in [6, 6.07) is 5.49.